The van der Waals surface area contributed by atoms with E-state index in [0.29, 0.717) is 24.7 Å². The standard InChI is InChI=1S/C21H24N4O2S/c1-16-22-21(27-23-16)19-15-25(20(26)13-18-9-5-12-28-18)11-6-10-24(19)14-17-7-3-2-4-8-17/h2-5,7-9,12,19H,6,10-11,13-15H2,1H3. The first kappa shape index (κ1) is 18.8. The predicted molar refractivity (Wildman–Crippen MR) is 108 cm³/mol. The molecule has 0 radical (unpaired) electrons. The maximum Gasteiger partial charge on any atom is 0.245 e. The molecule has 1 aliphatic heterocycles. The molecule has 3 heterocycles. The quantitative estimate of drug-likeness (QED) is 0.661. The van der Waals surface area contributed by atoms with Crippen LogP contribution in [0.5, 0.6) is 0 Å². The molecule has 1 aliphatic rings. The van der Waals surface area contributed by atoms with Crippen LogP contribution in [0.1, 0.15) is 34.6 Å². The second-order valence-electron chi connectivity index (χ2n) is 7.10. The van der Waals surface area contributed by atoms with Crippen molar-refractivity contribution < 1.29 is 9.32 Å². The van der Waals surface area contributed by atoms with Gasteiger partial charge < -0.3 is 9.42 Å². The van der Waals surface area contributed by atoms with Gasteiger partial charge in [-0.2, -0.15) is 4.98 Å². The molecule has 0 aliphatic carbocycles. The molecule has 1 unspecified atom stereocenters. The molecule has 28 heavy (non-hydrogen) atoms. The number of carbonyl (C=O) groups is 1. The Morgan fingerprint density at radius 3 is 2.79 bits per heavy atom. The lowest BCUT2D eigenvalue weighted by Crippen LogP contribution is -2.38. The van der Waals surface area contributed by atoms with E-state index in [1.165, 1.54) is 5.56 Å². The van der Waals surface area contributed by atoms with Crippen molar-refractivity contribution in [3.8, 4) is 0 Å². The van der Waals surface area contributed by atoms with Gasteiger partial charge in [-0.05, 0) is 30.4 Å². The second-order valence-corrected chi connectivity index (χ2v) is 8.13. The molecule has 6 nitrogen and oxygen atoms in total. The number of carbonyl (C=O) groups excluding carboxylic acids is 1. The third-order valence-corrected chi connectivity index (χ3v) is 5.90. The van der Waals surface area contributed by atoms with E-state index < -0.39 is 0 Å². The summed E-state index contributed by atoms with van der Waals surface area (Å²) in [5, 5.41) is 5.99. The minimum absolute atomic E-state index is 0.101. The second kappa shape index (κ2) is 8.67. The summed E-state index contributed by atoms with van der Waals surface area (Å²) in [4.78, 5) is 22.8. The molecule has 0 saturated carbocycles. The topological polar surface area (TPSA) is 62.5 Å². The van der Waals surface area contributed by atoms with Crippen LogP contribution >= 0.6 is 11.3 Å². The Hall–Kier alpha value is -2.51. The van der Waals surface area contributed by atoms with E-state index in [-0.39, 0.29) is 11.9 Å². The Morgan fingerprint density at radius 1 is 1.21 bits per heavy atom. The van der Waals surface area contributed by atoms with Gasteiger partial charge in [-0.15, -0.1) is 11.3 Å². The highest BCUT2D eigenvalue weighted by Crippen LogP contribution is 2.26. The van der Waals surface area contributed by atoms with Crippen LogP contribution in [0, 0.1) is 6.92 Å². The SMILES string of the molecule is Cc1noc(C2CN(C(=O)Cc3cccs3)CCCN2Cc2ccccc2)n1. The van der Waals surface area contributed by atoms with Crippen LogP contribution in [0.25, 0.3) is 0 Å². The van der Waals surface area contributed by atoms with Gasteiger partial charge in [0, 0.05) is 31.1 Å². The molecule has 1 aromatic carbocycles. The highest BCUT2D eigenvalue weighted by molar-refractivity contribution is 7.10. The van der Waals surface area contributed by atoms with Crippen LogP contribution in [0.15, 0.2) is 52.4 Å². The molecule has 146 valence electrons. The lowest BCUT2D eigenvalue weighted by atomic mass is 10.1. The van der Waals surface area contributed by atoms with Crippen LogP contribution in [0.3, 0.4) is 0 Å². The summed E-state index contributed by atoms with van der Waals surface area (Å²) in [6, 6.07) is 14.3. The summed E-state index contributed by atoms with van der Waals surface area (Å²) in [6.07, 6.45) is 1.37. The van der Waals surface area contributed by atoms with Crippen molar-refractivity contribution in [2.24, 2.45) is 0 Å². The highest BCUT2D eigenvalue weighted by atomic mass is 32.1. The molecule has 0 spiro atoms. The lowest BCUT2D eigenvalue weighted by molar-refractivity contribution is -0.130. The van der Waals surface area contributed by atoms with Crippen LogP contribution in [-0.2, 0) is 17.8 Å². The number of benzene rings is 1. The lowest BCUT2D eigenvalue weighted by Gasteiger charge is -2.29. The number of aromatic nitrogens is 2. The van der Waals surface area contributed by atoms with Crippen molar-refractivity contribution in [2.75, 3.05) is 19.6 Å². The molecule has 4 rings (SSSR count). The molecule has 1 atom stereocenters. The van der Waals surface area contributed by atoms with Crippen molar-refractivity contribution in [2.45, 2.75) is 32.4 Å². The summed E-state index contributed by atoms with van der Waals surface area (Å²) < 4.78 is 5.52. The van der Waals surface area contributed by atoms with Gasteiger partial charge in [-0.25, -0.2) is 0 Å². The summed E-state index contributed by atoms with van der Waals surface area (Å²) in [5.74, 6) is 1.37. The van der Waals surface area contributed by atoms with Gasteiger partial charge in [-0.1, -0.05) is 41.6 Å². The first-order valence-corrected chi connectivity index (χ1v) is 10.5. The number of thiophene rings is 1. The fraction of sp³-hybridized carbons (Fsp3) is 0.381. The van der Waals surface area contributed by atoms with Crippen molar-refractivity contribution >= 4 is 17.2 Å². The number of hydrogen-bond acceptors (Lipinski definition) is 6. The zero-order valence-corrected chi connectivity index (χ0v) is 16.8. The Morgan fingerprint density at radius 2 is 2.07 bits per heavy atom. The molecular formula is C21H24N4O2S. The first-order chi connectivity index (χ1) is 13.7. The Labute approximate surface area is 168 Å². The van der Waals surface area contributed by atoms with Crippen LogP contribution in [0.4, 0.5) is 0 Å². The van der Waals surface area contributed by atoms with E-state index in [0.717, 1.165) is 30.9 Å². The van der Waals surface area contributed by atoms with E-state index in [1.54, 1.807) is 11.3 Å². The average Bonchev–Trinajstić information content (AvgIpc) is 3.31. The Balaban J connectivity index is 1.55. The van der Waals surface area contributed by atoms with Crippen LogP contribution in [-0.4, -0.2) is 45.5 Å². The van der Waals surface area contributed by atoms with Crippen molar-refractivity contribution in [3.05, 3.63) is 70.0 Å². The largest absolute Gasteiger partial charge is 0.340 e. The highest BCUT2D eigenvalue weighted by Gasteiger charge is 2.32. The van der Waals surface area contributed by atoms with Crippen molar-refractivity contribution in [3.63, 3.8) is 0 Å². The summed E-state index contributed by atoms with van der Waals surface area (Å²) in [7, 11) is 0. The predicted octanol–water partition coefficient (Wildman–Crippen LogP) is 3.46. The minimum Gasteiger partial charge on any atom is -0.340 e. The number of rotatable bonds is 5. The van der Waals surface area contributed by atoms with Crippen molar-refractivity contribution in [1.29, 1.82) is 0 Å². The number of nitrogens with zero attached hydrogens (tertiary/aromatic N) is 4. The molecule has 0 bridgehead atoms. The zero-order chi connectivity index (χ0) is 19.3. The molecule has 2 aromatic heterocycles. The third-order valence-electron chi connectivity index (χ3n) is 5.02. The number of amides is 1. The van der Waals surface area contributed by atoms with Crippen molar-refractivity contribution in [1.82, 2.24) is 19.9 Å². The van der Waals surface area contributed by atoms with Gasteiger partial charge in [0.1, 0.15) is 6.04 Å². The van der Waals surface area contributed by atoms with Gasteiger partial charge in [-0.3, -0.25) is 9.69 Å². The summed E-state index contributed by atoms with van der Waals surface area (Å²) in [6.45, 7) is 4.81. The maximum atomic E-state index is 12.9. The minimum atomic E-state index is -0.101. The van der Waals surface area contributed by atoms with Gasteiger partial charge in [0.25, 0.3) is 0 Å². The van der Waals surface area contributed by atoms with E-state index >= 15 is 0 Å². The van der Waals surface area contributed by atoms with E-state index in [1.807, 2.05) is 35.4 Å². The molecule has 1 amide bonds. The van der Waals surface area contributed by atoms with Crippen LogP contribution < -0.4 is 0 Å². The molecule has 3 aromatic rings. The normalized spacial score (nSPS) is 18.2. The fourth-order valence-electron chi connectivity index (χ4n) is 3.63. The Bertz CT molecular complexity index is 894. The van der Waals surface area contributed by atoms with Gasteiger partial charge in [0.05, 0.1) is 6.42 Å². The van der Waals surface area contributed by atoms with Crippen LogP contribution in [0.2, 0.25) is 0 Å². The molecule has 1 fully saturated rings. The summed E-state index contributed by atoms with van der Waals surface area (Å²) >= 11 is 1.62. The van der Waals surface area contributed by atoms with Gasteiger partial charge in [0.15, 0.2) is 5.82 Å². The molecular weight excluding hydrogens is 372 g/mol. The number of hydrogen-bond donors (Lipinski definition) is 0. The number of aryl methyl sites for hydroxylation is 1. The third kappa shape index (κ3) is 4.48. The van der Waals surface area contributed by atoms with E-state index in [2.05, 4.69) is 39.3 Å². The van der Waals surface area contributed by atoms with Gasteiger partial charge >= 0.3 is 0 Å². The maximum absolute atomic E-state index is 12.9. The van der Waals surface area contributed by atoms with Gasteiger partial charge in [0.2, 0.25) is 11.8 Å². The Kier molecular flexibility index (Phi) is 5.83. The smallest absolute Gasteiger partial charge is 0.245 e. The molecule has 7 heteroatoms. The molecule has 0 N–H and O–H groups in total. The zero-order valence-electron chi connectivity index (χ0n) is 16.0. The van der Waals surface area contributed by atoms with E-state index in [4.69, 9.17) is 4.52 Å². The summed E-state index contributed by atoms with van der Waals surface area (Å²) in [5.41, 5.74) is 1.24. The molecule has 1 saturated heterocycles. The average molecular weight is 397 g/mol. The van der Waals surface area contributed by atoms with E-state index in [9.17, 15) is 4.79 Å². The monoisotopic (exact) mass is 396 g/mol. The fourth-order valence-corrected chi connectivity index (χ4v) is 4.32. The first-order valence-electron chi connectivity index (χ1n) is 9.57.